The third-order valence-corrected chi connectivity index (χ3v) is 6.28. The summed E-state index contributed by atoms with van der Waals surface area (Å²) in [4.78, 5) is 31.0. The molecule has 22 heavy (non-hydrogen) atoms. The second-order valence-electron chi connectivity index (χ2n) is 4.01. The fourth-order valence-electron chi connectivity index (χ4n) is 1.35. The molecule has 1 rings (SSSR count). The fraction of sp³-hybridized carbons (Fsp3) is 0.300. The number of urea groups is 1. The van der Waals surface area contributed by atoms with E-state index >= 15 is 0 Å². The molecule has 0 spiro atoms. The van der Waals surface area contributed by atoms with Crippen molar-refractivity contribution in [3.63, 3.8) is 0 Å². The van der Waals surface area contributed by atoms with Gasteiger partial charge < -0.3 is 20.0 Å². The largest absolute Gasteiger partial charge is 0.386 e. The molecule has 1 atom stereocenters. The molecule has 0 aliphatic heterocycles. The van der Waals surface area contributed by atoms with Gasteiger partial charge in [0.1, 0.15) is 11.2 Å². The molecule has 0 saturated carbocycles. The van der Waals surface area contributed by atoms with E-state index < -0.39 is 27.3 Å². The summed E-state index contributed by atoms with van der Waals surface area (Å²) in [5, 5.41) is 0.912. The molecule has 1 aromatic carbocycles. The number of carbonyl (C=O) groups is 1. The molecule has 124 valence electrons. The summed E-state index contributed by atoms with van der Waals surface area (Å²) in [7, 11) is 1.21. The van der Waals surface area contributed by atoms with Crippen molar-refractivity contribution < 1.29 is 23.5 Å². The Labute approximate surface area is 148 Å². The van der Waals surface area contributed by atoms with Gasteiger partial charge in [0, 0.05) is 7.05 Å². The van der Waals surface area contributed by atoms with Crippen molar-refractivity contribution in [3.05, 3.63) is 30.1 Å². The molecule has 3 N–H and O–H groups in total. The molecule has 0 aliphatic carbocycles. The lowest BCUT2D eigenvalue weighted by Crippen LogP contribution is -2.44. The van der Waals surface area contributed by atoms with Crippen LogP contribution in [0.2, 0.25) is 0 Å². The Morgan fingerprint density at radius 1 is 1.50 bits per heavy atom. The highest BCUT2D eigenvalue weighted by Crippen LogP contribution is 2.58. The van der Waals surface area contributed by atoms with Crippen LogP contribution >= 0.6 is 57.3 Å². The van der Waals surface area contributed by atoms with E-state index in [0.29, 0.717) is 0 Å². The van der Waals surface area contributed by atoms with E-state index in [9.17, 15) is 13.8 Å². The molecule has 0 aliphatic rings. The summed E-state index contributed by atoms with van der Waals surface area (Å²) >= 11 is 14.5. The summed E-state index contributed by atoms with van der Waals surface area (Å²) in [6, 6.07) is 4.59. The number of halogens is 4. The van der Waals surface area contributed by atoms with Gasteiger partial charge in [0.25, 0.3) is 0 Å². The zero-order valence-corrected chi connectivity index (χ0v) is 15.7. The summed E-state index contributed by atoms with van der Waals surface area (Å²) < 4.78 is 22.8. The van der Waals surface area contributed by atoms with Crippen molar-refractivity contribution in [3.8, 4) is 0 Å². The number of amides is 2. The van der Waals surface area contributed by atoms with Crippen LogP contribution in [-0.4, -0.2) is 36.4 Å². The van der Waals surface area contributed by atoms with E-state index in [4.69, 9.17) is 33.0 Å². The van der Waals surface area contributed by atoms with Crippen LogP contribution in [0, 0.1) is 5.82 Å². The highest BCUT2D eigenvalue weighted by Gasteiger charge is 2.42. The van der Waals surface area contributed by atoms with Crippen LogP contribution < -0.4 is 5.32 Å². The van der Waals surface area contributed by atoms with Gasteiger partial charge in [-0.25, -0.2) is 13.8 Å². The predicted octanol–water partition coefficient (Wildman–Crippen LogP) is 3.97. The quantitative estimate of drug-likeness (QED) is 0.355. The maximum absolute atomic E-state index is 13.5. The second kappa shape index (κ2) is 7.70. The summed E-state index contributed by atoms with van der Waals surface area (Å²) in [6.07, 6.45) is 0. The molecular weight excluding hydrogens is 445 g/mol. The highest BCUT2D eigenvalue weighted by molar-refractivity contribution is 9.11. The van der Waals surface area contributed by atoms with Gasteiger partial charge in [-0.05, 0) is 39.4 Å². The second-order valence-corrected chi connectivity index (χ2v) is 11.3. The number of nitrogens with one attached hydrogen (secondary N) is 1. The predicted molar refractivity (Wildman–Crippen MR) is 90.0 cm³/mol. The molecular formula is C10H11BrCl2FN2O4PS. The van der Waals surface area contributed by atoms with Crippen LogP contribution in [0.15, 0.2) is 24.3 Å². The minimum atomic E-state index is -4.58. The number of para-hydroxylation sites is 1. The number of benzene rings is 1. The number of alkyl halides is 3. The number of hydrogen-bond acceptors (Lipinski definition) is 3. The first-order valence-electron chi connectivity index (χ1n) is 5.51. The average molecular weight is 456 g/mol. The highest BCUT2D eigenvalue weighted by atomic mass is 79.9. The van der Waals surface area contributed by atoms with Gasteiger partial charge in [-0.15, -0.1) is 0 Å². The Balaban J connectivity index is 2.94. The smallest absolute Gasteiger partial charge is 0.317 e. The standard InChI is InChI=1S/C10H11BrCl2FN2O4PS/c1-16(8(10(11,12)13)22-21(18,19)20)9(17)15-7-5-3-2-4-6(7)14/h2-5,8H,1H3,(H,15,17)(H2,18,19,20). The first-order chi connectivity index (χ1) is 9.92. The molecule has 1 unspecified atom stereocenters. The van der Waals surface area contributed by atoms with Gasteiger partial charge in [0.05, 0.1) is 5.69 Å². The molecule has 0 heterocycles. The molecule has 1 aromatic rings. The summed E-state index contributed by atoms with van der Waals surface area (Å²) in [6.45, 7) is -4.58. The molecule has 0 radical (unpaired) electrons. The Hall–Kier alpha value is -0.0200. The molecule has 6 nitrogen and oxygen atoms in total. The maximum atomic E-state index is 13.5. The topological polar surface area (TPSA) is 89.9 Å². The Bertz CT molecular complexity index is 601. The fourth-order valence-corrected chi connectivity index (χ4v) is 5.60. The minimum Gasteiger partial charge on any atom is -0.317 e. The first kappa shape index (κ1) is 20.0. The van der Waals surface area contributed by atoms with Crippen molar-refractivity contribution in [2.24, 2.45) is 0 Å². The van der Waals surface area contributed by atoms with Crippen LogP contribution in [0.4, 0.5) is 14.9 Å². The lowest BCUT2D eigenvalue weighted by Gasteiger charge is -2.32. The number of hydrogen-bond donors (Lipinski definition) is 3. The van der Waals surface area contributed by atoms with Gasteiger partial charge in [-0.3, -0.25) is 0 Å². The van der Waals surface area contributed by atoms with Crippen molar-refractivity contribution in [1.82, 2.24) is 4.90 Å². The van der Waals surface area contributed by atoms with Crippen LogP contribution in [0.5, 0.6) is 0 Å². The van der Waals surface area contributed by atoms with Crippen molar-refractivity contribution in [2.45, 2.75) is 8.62 Å². The van der Waals surface area contributed by atoms with Gasteiger partial charge in [0.15, 0.2) is 0 Å². The average Bonchev–Trinajstić information content (AvgIpc) is 2.35. The number of rotatable bonds is 5. The van der Waals surface area contributed by atoms with E-state index in [0.717, 1.165) is 11.0 Å². The normalized spacial score (nSPS) is 13.6. The molecule has 0 bridgehead atoms. The Morgan fingerprint density at radius 2 is 2.05 bits per heavy atom. The molecule has 0 fully saturated rings. The lowest BCUT2D eigenvalue weighted by atomic mass is 10.3. The number of carbonyl (C=O) groups excluding carboxylic acids is 1. The molecule has 0 aromatic heterocycles. The SMILES string of the molecule is CN(C(=O)Nc1ccccc1F)C(SP(=O)(O)O)C(Cl)(Cl)Br. The van der Waals surface area contributed by atoms with Crippen molar-refractivity contribution >= 4 is 69.0 Å². The van der Waals surface area contributed by atoms with Crippen LogP contribution in [0.1, 0.15) is 0 Å². The maximum Gasteiger partial charge on any atom is 0.386 e. The molecule has 0 saturated heterocycles. The number of nitrogens with zero attached hydrogens (tertiary/aromatic N) is 1. The van der Waals surface area contributed by atoms with E-state index in [1.165, 1.54) is 25.2 Å². The first-order valence-corrected chi connectivity index (χ1v) is 10.2. The van der Waals surface area contributed by atoms with E-state index in [1.807, 2.05) is 0 Å². The van der Waals surface area contributed by atoms with Gasteiger partial charge in [-0.1, -0.05) is 35.3 Å². The van der Waals surface area contributed by atoms with Gasteiger partial charge >= 0.3 is 12.8 Å². The van der Waals surface area contributed by atoms with Crippen LogP contribution in [-0.2, 0) is 4.57 Å². The van der Waals surface area contributed by atoms with E-state index in [-0.39, 0.29) is 17.1 Å². The zero-order chi connectivity index (χ0) is 17.1. The van der Waals surface area contributed by atoms with Crippen LogP contribution in [0.25, 0.3) is 0 Å². The number of anilines is 1. The molecule has 12 heteroatoms. The van der Waals surface area contributed by atoms with Gasteiger partial charge in [0.2, 0.25) is 3.24 Å². The Kier molecular flexibility index (Phi) is 7.01. The zero-order valence-electron chi connectivity index (χ0n) is 10.9. The minimum absolute atomic E-state index is 0.0872. The summed E-state index contributed by atoms with van der Waals surface area (Å²) in [5.41, 5.74) is -0.0939. The monoisotopic (exact) mass is 454 g/mol. The van der Waals surface area contributed by atoms with Crippen LogP contribution in [0.3, 0.4) is 0 Å². The van der Waals surface area contributed by atoms with Crippen molar-refractivity contribution in [2.75, 3.05) is 12.4 Å². The van der Waals surface area contributed by atoms with E-state index in [1.54, 1.807) is 0 Å². The third kappa shape index (κ3) is 6.23. The summed E-state index contributed by atoms with van der Waals surface area (Å²) in [5.74, 6) is -0.662. The Morgan fingerprint density at radius 3 is 2.50 bits per heavy atom. The third-order valence-electron chi connectivity index (χ3n) is 2.30. The lowest BCUT2D eigenvalue weighted by molar-refractivity contribution is 0.219. The van der Waals surface area contributed by atoms with E-state index in [2.05, 4.69) is 21.2 Å². The molecule has 2 amide bonds. The van der Waals surface area contributed by atoms with Crippen molar-refractivity contribution in [1.29, 1.82) is 0 Å². The van der Waals surface area contributed by atoms with Gasteiger partial charge in [-0.2, -0.15) is 0 Å².